The fourth-order valence-corrected chi connectivity index (χ4v) is 2.63. The van der Waals surface area contributed by atoms with Gasteiger partial charge in [0.05, 0.1) is 4.92 Å². The average Bonchev–Trinajstić information content (AvgIpc) is 2.86. The lowest BCUT2D eigenvalue weighted by atomic mass is 10.1. The maximum atomic E-state index is 12.2. The number of benzene rings is 1. The molecular weight excluding hydrogens is 258 g/mol. The summed E-state index contributed by atoms with van der Waals surface area (Å²) in [6.45, 7) is 2.50. The van der Waals surface area contributed by atoms with E-state index in [1.165, 1.54) is 0 Å². The van der Waals surface area contributed by atoms with Crippen LogP contribution in [0.3, 0.4) is 0 Å². The predicted octanol–water partition coefficient (Wildman–Crippen LogP) is 1.96. The minimum Gasteiger partial charge on any atom is -0.354 e. The van der Waals surface area contributed by atoms with Crippen molar-refractivity contribution < 1.29 is 9.72 Å². The molecule has 1 aliphatic heterocycles. The Morgan fingerprint density at radius 1 is 1.45 bits per heavy atom. The smallest absolute Gasteiger partial charge is 0.292 e. The van der Waals surface area contributed by atoms with Crippen molar-refractivity contribution in [1.82, 2.24) is 4.90 Å². The van der Waals surface area contributed by atoms with Crippen LogP contribution in [-0.4, -0.2) is 42.4 Å². The number of carbonyl (C=O) groups is 1. The first-order chi connectivity index (χ1) is 9.41. The third-order valence-electron chi connectivity index (χ3n) is 3.62. The maximum absolute atomic E-state index is 12.2. The van der Waals surface area contributed by atoms with Crippen molar-refractivity contribution in [3.05, 3.63) is 33.9 Å². The Hall–Kier alpha value is -2.11. The number of nitro groups is 1. The lowest BCUT2D eigenvalue weighted by Gasteiger charge is -2.27. The van der Waals surface area contributed by atoms with Crippen molar-refractivity contribution in [3.63, 3.8) is 0 Å². The van der Waals surface area contributed by atoms with Gasteiger partial charge in [0.2, 0.25) is 5.91 Å². The monoisotopic (exact) mass is 277 g/mol. The van der Waals surface area contributed by atoms with E-state index >= 15 is 0 Å². The molecule has 1 fully saturated rings. The fourth-order valence-electron chi connectivity index (χ4n) is 2.63. The lowest BCUT2D eigenvalue weighted by molar-refractivity contribution is -0.384. The van der Waals surface area contributed by atoms with E-state index in [1.54, 1.807) is 31.1 Å². The van der Waals surface area contributed by atoms with E-state index in [1.807, 2.05) is 17.9 Å². The van der Waals surface area contributed by atoms with Crippen LogP contribution >= 0.6 is 0 Å². The molecule has 0 aliphatic carbocycles. The molecule has 0 radical (unpaired) electrons. The highest BCUT2D eigenvalue weighted by Crippen LogP contribution is 2.34. The van der Waals surface area contributed by atoms with Gasteiger partial charge in [-0.05, 0) is 31.4 Å². The number of anilines is 1. The van der Waals surface area contributed by atoms with Crippen LogP contribution in [0.15, 0.2) is 18.2 Å². The minimum atomic E-state index is -0.377. The fraction of sp³-hybridized carbons (Fsp3) is 0.500. The van der Waals surface area contributed by atoms with Gasteiger partial charge in [0.25, 0.3) is 5.69 Å². The van der Waals surface area contributed by atoms with Crippen LogP contribution in [0.1, 0.15) is 18.4 Å². The molecule has 0 saturated carbocycles. The van der Waals surface area contributed by atoms with Gasteiger partial charge in [0, 0.05) is 26.7 Å². The molecule has 6 heteroatoms. The molecule has 0 N–H and O–H groups in total. The topological polar surface area (TPSA) is 66.7 Å². The quantitative estimate of drug-likeness (QED) is 0.625. The number of likely N-dealkylation sites (N-methyl/N-ethyl adjacent to an activating group) is 1. The standard InChI is InChI=1S/C14H19N3O3/c1-10-6-7-11(13(9-10)17(19)20)16-8-4-5-12(16)14(18)15(2)3/h6-7,9,12H,4-5,8H2,1-3H3. The molecule has 1 aromatic carbocycles. The van der Waals surface area contributed by atoms with E-state index in [4.69, 9.17) is 0 Å². The van der Waals surface area contributed by atoms with Crippen molar-refractivity contribution in [2.75, 3.05) is 25.5 Å². The molecule has 108 valence electrons. The summed E-state index contributed by atoms with van der Waals surface area (Å²) in [5.41, 5.74) is 1.46. The summed E-state index contributed by atoms with van der Waals surface area (Å²) in [4.78, 5) is 26.4. The number of nitrogens with zero attached hydrogens (tertiary/aromatic N) is 3. The zero-order chi connectivity index (χ0) is 14.9. The number of hydrogen-bond donors (Lipinski definition) is 0. The summed E-state index contributed by atoms with van der Waals surface area (Å²) < 4.78 is 0. The summed E-state index contributed by atoms with van der Waals surface area (Å²) in [7, 11) is 3.42. The zero-order valence-electron chi connectivity index (χ0n) is 12.0. The minimum absolute atomic E-state index is 0.00243. The second kappa shape index (κ2) is 5.48. The highest BCUT2D eigenvalue weighted by molar-refractivity contribution is 5.86. The first-order valence-corrected chi connectivity index (χ1v) is 6.64. The number of amides is 1. The molecule has 20 heavy (non-hydrogen) atoms. The second-order valence-corrected chi connectivity index (χ2v) is 5.33. The third kappa shape index (κ3) is 2.59. The van der Waals surface area contributed by atoms with Gasteiger partial charge in [-0.1, -0.05) is 6.07 Å². The van der Waals surface area contributed by atoms with Crippen LogP contribution in [-0.2, 0) is 4.79 Å². The Labute approximate surface area is 118 Å². The second-order valence-electron chi connectivity index (χ2n) is 5.33. The number of hydrogen-bond acceptors (Lipinski definition) is 4. The summed E-state index contributed by atoms with van der Waals surface area (Å²) in [6.07, 6.45) is 1.61. The Morgan fingerprint density at radius 3 is 2.75 bits per heavy atom. The van der Waals surface area contributed by atoms with E-state index in [-0.39, 0.29) is 22.6 Å². The number of nitro benzene ring substituents is 1. The number of rotatable bonds is 3. The molecule has 2 rings (SSSR count). The third-order valence-corrected chi connectivity index (χ3v) is 3.62. The Bertz CT molecular complexity index is 542. The largest absolute Gasteiger partial charge is 0.354 e. The molecule has 1 amide bonds. The Balaban J connectivity index is 2.40. The summed E-state index contributed by atoms with van der Waals surface area (Å²) >= 11 is 0. The average molecular weight is 277 g/mol. The van der Waals surface area contributed by atoms with Crippen LogP contribution in [0, 0.1) is 17.0 Å². The van der Waals surface area contributed by atoms with E-state index < -0.39 is 0 Å². The molecular formula is C14H19N3O3. The van der Waals surface area contributed by atoms with Crippen LogP contribution in [0.25, 0.3) is 0 Å². The van der Waals surface area contributed by atoms with Gasteiger partial charge >= 0.3 is 0 Å². The van der Waals surface area contributed by atoms with E-state index in [0.29, 0.717) is 12.2 Å². The molecule has 0 spiro atoms. The van der Waals surface area contributed by atoms with Crippen molar-refractivity contribution >= 4 is 17.3 Å². The normalized spacial score (nSPS) is 18.1. The molecule has 0 bridgehead atoms. The SMILES string of the molecule is Cc1ccc(N2CCCC2C(=O)N(C)C)c([N+](=O)[O-])c1. The first kappa shape index (κ1) is 14.3. The molecule has 6 nitrogen and oxygen atoms in total. The van der Waals surface area contributed by atoms with Gasteiger partial charge in [0.15, 0.2) is 0 Å². The Kier molecular flexibility index (Phi) is 3.92. The van der Waals surface area contributed by atoms with Gasteiger partial charge in [-0.15, -0.1) is 0 Å². The molecule has 1 unspecified atom stereocenters. The van der Waals surface area contributed by atoms with Crippen molar-refractivity contribution in [2.45, 2.75) is 25.8 Å². The Morgan fingerprint density at radius 2 is 2.15 bits per heavy atom. The van der Waals surface area contributed by atoms with Gasteiger partial charge < -0.3 is 9.80 Å². The number of aryl methyl sites for hydroxylation is 1. The summed E-state index contributed by atoms with van der Waals surface area (Å²) in [5.74, 6) is -0.00243. The molecule has 0 aromatic heterocycles. The van der Waals surface area contributed by atoms with Crippen LogP contribution in [0.4, 0.5) is 11.4 Å². The van der Waals surface area contributed by atoms with Crippen molar-refractivity contribution in [3.8, 4) is 0 Å². The molecule has 1 atom stereocenters. The van der Waals surface area contributed by atoms with Gasteiger partial charge in [-0.2, -0.15) is 0 Å². The van der Waals surface area contributed by atoms with E-state index in [9.17, 15) is 14.9 Å². The molecule has 1 aromatic rings. The molecule has 1 saturated heterocycles. The molecule has 1 heterocycles. The summed E-state index contributed by atoms with van der Waals surface area (Å²) in [5, 5.41) is 11.2. The van der Waals surface area contributed by atoms with Crippen LogP contribution in [0.5, 0.6) is 0 Å². The maximum Gasteiger partial charge on any atom is 0.292 e. The van der Waals surface area contributed by atoms with Crippen LogP contribution < -0.4 is 4.90 Å². The van der Waals surface area contributed by atoms with Gasteiger partial charge in [0.1, 0.15) is 11.7 Å². The van der Waals surface area contributed by atoms with Crippen molar-refractivity contribution in [1.29, 1.82) is 0 Å². The van der Waals surface area contributed by atoms with Crippen molar-refractivity contribution in [2.24, 2.45) is 0 Å². The molecule has 1 aliphatic rings. The number of carbonyl (C=O) groups excluding carboxylic acids is 1. The predicted molar refractivity (Wildman–Crippen MR) is 76.9 cm³/mol. The van der Waals surface area contributed by atoms with Gasteiger partial charge in [-0.25, -0.2) is 0 Å². The summed E-state index contributed by atoms with van der Waals surface area (Å²) in [6, 6.07) is 4.85. The van der Waals surface area contributed by atoms with Crippen LogP contribution in [0.2, 0.25) is 0 Å². The van der Waals surface area contributed by atoms with E-state index in [2.05, 4.69) is 0 Å². The lowest BCUT2D eigenvalue weighted by Crippen LogP contribution is -2.43. The zero-order valence-corrected chi connectivity index (χ0v) is 12.0. The first-order valence-electron chi connectivity index (χ1n) is 6.64. The highest BCUT2D eigenvalue weighted by atomic mass is 16.6. The van der Waals surface area contributed by atoms with Gasteiger partial charge in [-0.3, -0.25) is 14.9 Å². The van der Waals surface area contributed by atoms with E-state index in [0.717, 1.165) is 18.4 Å². The highest BCUT2D eigenvalue weighted by Gasteiger charge is 2.35.